The molecule has 20 heavy (non-hydrogen) atoms. The number of anilines is 1. The van der Waals surface area contributed by atoms with Gasteiger partial charge >= 0.3 is 0 Å². The van der Waals surface area contributed by atoms with Crippen LogP contribution in [0.25, 0.3) is 0 Å². The summed E-state index contributed by atoms with van der Waals surface area (Å²) in [6.45, 7) is 1.70. The molecule has 6 heteroatoms. The Morgan fingerprint density at radius 2 is 1.80 bits per heavy atom. The molecule has 0 aliphatic heterocycles. The Labute approximate surface area is 117 Å². The van der Waals surface area contributed by atoms with Gasteiger partial charge in [-0.15, -0.1) is 0 Å². The lowest BCUT2D eigenvalue weighted by Crippen LogP contribution is -2.27. The second-order valence-electron chi connectivity index (χ2n) is 4.44. The average molecular weight is 294 g/mol. The van der Waals surface area contributed by atoms with Crippen LogP contribution < -0.4 is 10.5 Å². The first-order chi connectivity index (χ1) is 9.40. The van der Waals surface area contributed by atoms with E-state index >= 15 is 0 Å². The van der Waals surface area contributed by atoms with Gasteiger partial charge in [0.15, 0.2) is 0 Å². The first-order valence-corrected chi connectivity index (χ1v) is 7.51. The minimum absolute atomic E-state index is 0.178. The van der Waals surface area contributed by atoms with Crippen LogP contribution in [0, 0.1) is 5.82 Å². The summed E-state index contributed by atoms with van der Waals surface area (Å²) in [4.78, 5) is -0.408. The summed E-state index contributed by atoms with van der Waals surface area (Å²) in [5.41, 5.74) is 6.38. The zero-order valence-electron chi connectivity index (χ0n) is 10.9. The standard InChI is InChI=1S/C14H15FN2O2S/c1-10(11-5-3-2-4-6-11)17-20(18,19)14-8-7-12(16)9-13(14)15/h2-10,17H,16H2,1H3. The lowest BCUT2D eigenvalue weighted by molar-refractivity contribution is 0.547. The number of nitrogens with two attached hydrogens (primary N) is 1. The molecule has 106 valence electrons. The number of hydrogen-bond acceptors (Lipinski definition) is 3. The zero-order chi connectivity index (χ0) is 14.8. The molecular formula is C14H15FN2O2S. The van der Waals surface area contributed by atoms with Crippen LogP contribution >= 0.6 is 0 Å². The van der Waals surface area contributed by atoms with Gasteiger partial charge in [0.2, 0.25) is 10.0 Å². The molecule has 2 rings (SSSR count). The van der Waals surface area contributed by atoms with Gasteiger partial charge in [0, 0.05) is 11.7 Å². The molecule has 0 radical (unpaired) electrons. The topological polar surface area (TPSA) is 72.2 Å². The van der Waals surface area contributed by atoms with Crippen LogP contribution in [0.5, 0.6) is 0 Å². The van der Waals surface area contributed by atoms with E-state index in [9.17, 15) is 12.8 Å². The maximum Gasteiger partial charge on any atom is 0.244 e. The third-order valence-corrected chi connectivity index (χ3v) is 4.45. The van der Waals surface area contributed by atoms with Gasteiger partial charge < -0.3 is 5.73 Å². The van der Waals surface area contributed by atoms with E-state index in [2.05, 4.69) is 4.72 Å². The molecule has 1 atom stereocenters. The largest absolute Gasteiger partial charge is 0.399 e. The number of hydrogen-bond donors (Lipinski definition) is 2. The van der Waals surface area contributed by atoms with E-state index < -0.39 is 26.8 Å². The smallest absolute Gasteiger partial charge is 0.244 e. The fraction of sp³-hybridized carbons (Fsp3) is 0.143. The molecule has 0 fully saturated rings. The molecule has 0 amide bonds. The quantitative estimate of drug-likeness (QED) is 0.851. The van der Waals surface area contributed by atoms with Crippen molar-refractivity contribution < 1.29 is 12.8 Å². The molecule has 0 heterocycles. The fourth-order valence-electron chi connectivity index (χ4n) is 1.84. The van der Waals surface area contributed by atoms with E-state index in [1.54, 1.807) is 19.1 Å². The summed E-state index contributed by atoms with van der Waals surface area (Å²) in [6, 6.07) is 12.1. The lowest BCUT2D eigenvalue weighted by atomic mass is 10.1. The highest BCUT2D eigenvalue weighted by Crippen LogP contribution is 2.20. The highest BCUT2D eigenvalue weighted by atomic mass is 32.2. The van der Waals surface area contributed by atoms with Crippen molar-refractivity contribution in [2.24, 2.45) is 0 Å². The zero-order valence-corrected chi connectivity index (χ0v) is 11.7. The van der Waals surface area contributed by atoms with Crippen molar-refractivity contribution in [3.8, 4) is 0 Å². The van der Waals surface area contributed by atoms with Gasteiger partial charge in [0.25, 0.3) is 0 Å². The van der Waals surface area contributed by atoms with Gasteiger partial charge in [0.05, 0.1) is 0 Å². The fourth-order valence-corrected chi connectivity index (χ4v) is 3.13. The molecule has 0 spiro atoms. The second-order valence-corrected chi connectivity index (χ2v) is 6.13. The number of nitrogen functional groups attached to an aromatic ring is 1. The monoisotopic (exact) mass is 294 g/mol. The van der Waals surface area contributed by atoms with Crippen molar-refractivity contribution in [2.45, 2.75) is 17.9 Å². The van der Waals surface area contributed by atoms with Crippen molar-refractivity contribution >= 4 is 15.7 Å². The van der Waals surface area contributed by atoms with Gasteiger partial charge in [-0.2, -0.15) is 0 Å². The van der Waals surface area contributed by atoms with Crippen LogP contribution in [0.3, 0.4) is 0 Å². The minimum Gasteiger partial charge on any atom is -0.399 e. The molecule has 2 aromatic rings. The summed E-state index contributed by atoms with van der Waals surface area (Å²) in [6.07, 6.45) is 0. The summed E-state index contributed by atoms with van der Waals surface area (Å²) < 4.78 is 40.5. The van der Waals surface area contributed by atoms with E-state index in [4.69, 9.17) is 5.73 Å². The van der Waals surface area contributed by atoms with E-state index in [-0.39, 0.29) is 5.69 Å². The average Bonchev–Trinajstić information content (AvgIpc) is 2.38. The summed E-state index contributed by atoms with van der Waals surface area (Å²) in [5, 5.41) is 0. The number of sulfonamides is 1. The van der Waals surface area contributed by atoms with Gasteiger partial charge in [-0.25, -0.2) is 17.5 Å². The van der Waals surface area contributed by atoms with Crippen LogP contribution in [-0.4, -0.2) is 8.42 Å². The normalized spacial score (nSPS) is 13.1. The Hall–Kier alpha value is -1.92. The van der Waals surface area contributed by atoms with Gasteiger partial charge in [-0.3, -0.25) is 0 Å². The van der Waals surface area contributed by atoms with Crippen LogP contribution in [-0.2, 0) is 10.0 Å². The molecule has 0 bridgehead atoms. The number of benzene rings is 2. The molecule has 1 unspecified atom stereocenters. The van der Waals surface area contributed by atoms with E-state index in [1.165, 1.54) is 6.07 Å². The van der Waals surface area contributed by atoms with Crippen LogP contribution in [0.1, 0.15) is 18.5 Å². The van der Waals surface area contributed by atoms with Crippen molar-refractivity contribution in [1.29, 1.82) is 0 Å². The summed E-state index contributed by atoms with van der Waals surface area (Å²) >= 11 is 0. The Bertz CT molecular complexity index is 702. The maximum atomic E-state index is 13.7. The molecule has 4 nitrogen and oxygen atoms in total. The molecule has 3 N–H and O–H groups in total. The molecule has 0 saturated heterocycles. The summed E-state index contributed by atoms with van der Waals surface area (Å²) in [5.74, 6) is -0.863. The number of rotatable bonds is 4. The highest BCUT2D eigenvalue weighted by molar-refractivity contribution is 7.89. The van der Waals surface area contributed by atoms with Crippen molar-refractivity contribution in [3.05, 3.63) is 59.9 Å². The molecule has 0 saturated carbocycles. The Kier molecular flexibility index (Phi) is 4.06. The van der Waals surface area contributed by atoms with Crippen LogP contribution in [0.15, 0.2) is 53.4 Å². The minimum atomic E-state index is -3.94. The highest BCUT2D eigenvalue weighted by Gasteiger charge is 2.21. The van der Waals surface area contributed by atoms with Crippen LogP contribution in [0.2, 0.25) is 0 Å². The molecule has 0 aromatic heterocycles. The Morgan fingerprint density at radius 3 is 2.40 bits per heavy atom. The number of halogens is 1. The predicted molar refractivity (Wildman–Crippen MR) is 76.0 cm³/mol. The third-order valence-electron chi connectivity index (χ3n) is 2.88. The lowest BCUT2D eigenvalue weighted by Gasteiger charge is -2.15. The first-order valence-electron chi connectivity index (χ1n) is 6.02. The van der Waals surface area contributed by atoms with Gasteiger partial charge in [0.1, 0.15) is 10.7 Å². The molecular weight excluding hydrogens is 279 g/mol. The molecule has 2 aromatic carbocycles. The predicted octanol–water partition coefficient (Wildman–Crippen LogP) is 2.45. The van der Waals surface area contributed by atoms with Crippen molar-refractivity contribution in [1.82, 2.24) is 4.72 Å². The molecule has 0 aliphatic rings. The van der Waals surface area contributed by atoms with Crippen molar-refractivity contribution in [2.75, 3.05) is 5.73 Å². The van der Waals surface area contributed by atoms with E-state index in [0.717, 1.165) is 17.7 Å². The number of nitrogens with one attached hydrogen (secondary N) is 1. The first kappa shape index (κ1) is 14.5. The van der Waals surface area contributed by atoms with E-state index in [0.29, 0.717) is 0 Å². The van der Waals surface area contributed by atoms with E-state index in [1.807, 2.05) is 18.2 Å². The van der Waals surface area contributed by atoms with Crippen LogP contribution in [0.4, 0.5) is 10.1 Å². The maximum absolute atomic E-state index is 13.7. The van der Waals surface area contributed by atoms with Gasteiger partial charge in [-0.1, -0.05) is 30.3 Å². The van der Waals surface area contributed by atoms with Crippen molar-refractivity contribution in [3.63, 3.8) is 0 Å². The van der Waals surface area contributed by atoms with Gasteiger partial charge in [-0.05, 0) is 30.7 Å². The molecule has 0 aliphatic carbocycles. The SMILES string of the molecule is CC(NS(=O)(=O)c1ccc(N)cc1F)c1ccccc1. The second kappa shape index (κ2) is 5.60. The summed E-state index contributed by atoms with van der Waals surface area (Å²) in [7, 11) is -3.94. The Morgan fingerprint density at radius 1 is 1.15 bits per heavy atom. The third kappa shape index (κ3) is 3.15. The Balaban J connectivity index is 2.28.